The molecule has 1 N–H and O–H groups in total. The van der Waals surface area contributed by atoms with E-state index in [1.165, 1.54) is 0 Å². The van der Waals surface area contributed by atoms with Crippen LogP contribution in [0.15, 0.2) is 30.6 Å². The number of benzene rings is 1. The second-order valence-corrected chi connectivity index (χ2v) is 4.81. The van der Waals surface area contributed by atoms with Crippen LogP contribution >= 0.6 is 0 Å². The summed E-state index contributed by atoms with van der Waals surface area (Å²) in [5.41, 5.74) is 1.11. The molecular formula is C16H23N3O2. The Morgan fingerprint density at radius 1 is 1.33 bits per heavy atom. The van der Waals surface area contributed by atoms with Crippen LogP contribution in [0, 0.1) is 0 Å². The second-order valence-electron chi connectivity index (χ2n) is 4.81. The van der Waals surface area contributed by atoms with Crippen LogP contribution in [0.4, 0.5) is 0 Å². The van der Waals surface area contributed by atoms with E-state index in [2.05, 4.69) is 17.2 Å². The number of nitrogens with one attached hydrogen (secondary N) is 1. The molecule has 1 aromatic heterocycles. The molecule has 1 heterocycles. The number of hydrogen-bond donors (Lipinski definition) is 1. The molecule has 0 radical (unpaired) electrons. The van der Waals surface area contributed by atoms with Crippen molar-refractivity contribution < 1.29 is 9.47 Å². The van der Waals surface area contributed by atoms with E-state index in [4.69, 9.17) is 9.47 Å². The Hall–Kier alpha value is -2.01. The van der Waals surface area contributed by atoms with Gasteiger partial charge in [-0.15, -0.1) is 0 Å². The Bertz CT molecular complexity index is 566. The summed E-state index contributed by atoms with van der Waals surface area (Å²) in [6.45, 7) is 4.38. The normalized spacial score (nSPS) is 10.6. The van der Waals surface area contributed by atoms with Gasteiger partial charge in [-0.3, -0.25) is 0 Å². The third kappa shape index (κ3) is 4.23. The molecule has 0 fully saturated rings. The summed E-state index contributed by atoms with van der Waals surface area (Å²) in [4.78, 5) is 4.30. The van der Waals surface area contributed by atoms with E-state index in [9.17, 15) is 0 Å². The van der Waals surface area contributed by atoms with Gasteiger partial charge in [-0.1, -0.05) is 6.92 Å². The maximum atomic E-state index is 5.91. The van der Waals surface area contributed by atoms with Crippen LogP contribution in [0.25, 0.3) is 0 Å². The largest absolute Gasteiger partial charge is 0.497 e. The SMILES string of the molecule is CCNCc1cc(OC)ccc1OCCc1nccn1C. The molecule has 2 rings (SSSR count). The fourth-order valence-electron chi connectivity index (χ4n) is 2.11. The minimum Gasteiger partial charge on any atom is -0.497 e. The van der Waals surface area contributed by atoms with Crippen molar-refractivity contribution >= 4 is 0 Å². The maximum Gasteiger partial charge on any atom is 0.124 e. The Balaban J connectivity index is 1.99. The van der Waals surface area contributed by atoms with Gasteiger partial charge in [0, 0.05) is 38.0 Å². The molecular weight excluding hydrogens is 266 g/mol. The van der Waals surface area contributed by atoms with E-state index in [1.54, 1.807) is 13.3 Å². The summed E-state index contributed by atoms with van der Waals surface area (Å²) in [5.74, 6) is 2.77. The summed E-state index contributed by atoms with van der Waals surface area (Å²) >= 11 is 0. The van der Waals surface area contributed by atoms with Gasteiger partial charge in [-0.25, -0.2) is 4.98 Å². The predicted molar refractivity (Wildman–Crippen MR) is 82.8 cm³/mol. The Kier molecular flexibility index (Phi) is 5.63. The molecule has 0 aliphatic carbocycles. The van der Waals surface area contributed by atoms with Crippen molar-refractivity contribution in [2.75, 3.05) is 20.3 Å². The van der Waals surface area contributed by atoms with E-state index in [0.717, 1.165) is 42.4 Å². The number of hydrogen-bond acceptors (Lipinski definition) is 4. The maximum absolute atomic E-state index is 5.91. The number of aryl methyl sites for hydroxylation is 1. The first-order valence-corrected chi connectivity index (χ1v) is 7.21. The number of nitrogens with zero attached hydrogens (tertiary/aromatic N) is 2. The van der Waals surface area contributed by atoms with Crippen LogP contribution in [0.5, 0.6) is 11.5 Å². The van der Waals surface area contributed by atoms with Gasteiger partial charge in [0.25, 0.3) is 0 Å². The van der Waals surface area contributed by atoms with Crippen LogP contribution in [-0.4, -0.2) is 29.8 Å². The summed E-state index contributed by atoms with van der Waals surface area (Å²) in [5, 5.41) is 3.32. The van der Waals surface area contributed by atoms with Gasteiger partial charge in [0.1, 0.15) is 17.3 Å². The van der Waals surface area contributed by atoms with Crippen LogP contribution in [0.3, 0.4) is 0 Å². The number of rotatable bonds is 8. The third-order valence-corrected chi connectivity index (χ3v) is 3.34. The molecule has 5 nitrogen and oxygen atoms in total. The smallest absolute Gasteiger partial charge is 0.124 e. The molecule has 0 atom stereocenters. The number of methoxy groups -OCH3 is 1. The Morgan fingerprint density at radius 2 is 2.19 bits per heavy atom. The quantitative estimate of drug-likeness (QED) is 0.809. The van der Waals surface area contributed by atoms with Crippen molar-refractivity contribution in [3.63, 3.8) is 0 Å². The van der Waals surface area contributed by atoms with Crippen LogP contribution in [0.2, 0.25) is 0 Å². The summed E-state index contributed by atoms with van der Waals surface area (Å²) in [7, 11) is 3.67. The lowest BCUT2D eigenvalue weighted by Gasteiger charge is -2.13. The van der Waals surface area contributed by atoms with Gasteiger partial charge in [0.2, 0.25) is 0 Å². The molecule has 0 bridgehead atoms. The molecule has 0 spiro atoms. The van der Waals surface area contributed by atoms with Crippen molar-refractivity contribution in [1.29, 1.82) is 0 Å². The molecule has 0 saturated carbocycles. The second kappa shape index (κ2) is 7.69. The van der Waals surface area contributed by atoms with Crippen LogP contribution < -0.4 is 14.8 Å². The van der Waals surface area contributed by atoms with E-state index in [0.29, 0.717) is 6.61 Å². The van der Waals surface area contributed by atoms with Gasteiger partial charge in [0.15, 0.2) is 0 Å². The standard InChI is InChI=1S/C16H23N3O2/c1-4-17-12-13-11-14(20-3)5-6-15(13)21-10-7-16-18-8-9-19(16)2/h5-6,8-9,11,17H,4,7,10,12H2,1-3H3. The van der Waals surface area contributed by atoms with Crippen molar-refractivity contribution in [2.24, 2.45) is 7.05 Å². The highest BCUT2D eigenvalue weighted by Gasteiger charge is 2.07. The van der Waals surface area contributed by atoms with Gasteiger partial charge in [-0.2, -0.15) is 0 Å². The molecule has 0 amide bonds. The average molecular weight is 289 g/mol. The summed E-state index contributed by atoms with van der Waals surface area (Å²) < 4.78 is 13.2. The molecule has 0 unspecified atom stereocenters. The molecule has 0 aliphatic rings. The van der Waals surface area contributed by atoms with E-state index >= 15 is 0 Å². The van der Waals surface area contributed by atoms with Crippen molar-refractivity contribution in [2.45, 2.75) is 19.9 Å². The zero-order chi connectivity index (χ0) is 15.1. The van der Waals surface area contributed by atoms with Gasteiger partial charge >= 0.3 is 0 Å². The fourth-order valence-corrected chi connectivity index (χ4v) is 2.11. The minimum absolute atomic E-state index is 0.607. The monoisotopic (exact) mass is 289 g/mol. The Morgan fingerprint density at radius 3 is 2.86 bits per heavy atom. The fraction of sp³-hybridized carbons (Fsp3) is 0.438. The topological polar surface area (TPSA) is 48.3 Å². The lowest BCUT2D eigenvalue weighted by atomic mass is 10.2. The summed E-state index contributed by atoms with van der Waals surface area (Å²) in [6.07, 6.45) is 4.54. The Labute approximate surface area is 125 Å². The lowest BCUT2D eigenvalue weighted by Crippen LogP contribution is -2.14. The van der Waals surface area contributed by atoms with Crippen LogP contribution in [-0.2, 0) is 20.0 Å². The highest BCUT2D eigenvalue weighted by molar-refractivity contribution is 5.40. The minimum atomic E-state index is 0.607. The van der Waals surface area contributed by atoms with E-state index in [1.807, 2.05) is 36.0 Å². The first kappa shape index (κ1) is 15.4. The van der Waals surface area contributed by atoms with Crippen molar-refractivity contribution in [3.05, 3.63) is 42.0 Å². The van der Waals surface area contributed by atoms with E-state index in [-0.39, 0.29) is 0 Å². The van der Waals surface area contributed by atoms with Crippen molar-refractivity contribution in [1.82, 2.24) is 14.9 Å². The number of aromatic nitrogens is 2. The van der Waals surface area contributed by atoms with Crippen molar-refractivity contribution in [3.8, 4) is 11.5 Å². The molecule has 5 heteroatoms. The molecule has 0 aliphatic heterocycles. The van der Waals surface area contributed by atoms with Crippen LogP contribution in [0.1, 0.15) is 18.3 Å². The number of imidazole rings is 1. The molecule has 0 saturated heterocycles. The van der Waals surface area contributed by atoms with E-state index < -0.39 is 0 Å². The number of ether oxygens (including phenoxy) is 2. The van der Waals surface area contributed by atoms with Gasteiger partial charge in [-0.05, 0) is 24.7 Å². The molecule has 1 aromatic carbocycles. The first-order chi connectivity index (χ1) is 10.2. The third-order valence-electron chi connectivity index (χ3n) is 3.34. The molecule has 21 heavy (non-hydrogen) atoms. The average Bonchev–Trinajstić information content (AvgIpc) is 2.91. The molecule has 114 valence electrons. The van der Waals surface area contributed by atoms with Gasteiger partial charge < -0.3 is 19.4 Å². The lowest BCUT2D eigenvalue weighted by molar-refractivity contribution is 0.312. The molecule has 2 aromatic rings. The zero-order valence-corrected chi connectivity index (χ0v) is 12.9. The highest BCUT2D eigenvalue weighted by Crippen LogP contribution is 2.24. The van der Waals surface area contributed by atoms with Gasteiger partial charge in [0.05, 0.1) is 13.7 Å². The first-order valence-electron chi connectivity index (χ1n) is 7.21. The highest BCUT2D eigenvalue weighted by atomic mass is 16.5. The zero-order valence-electron chi connectivity index (χ0n) is 12.9. The predicted octanol–water partition coefficient (Wildman–Crippen LogP) is 2.16. The summed E-state index contributed by atoms with van der Waals surface area (Å²) in [6, 6.07) is 5.90.